The van der Waals surface area contributed by atoms with E-state index in [1.807, 2.05) is 18.7 Å². The number of hydrogen-bond acceptors (Lipinski definition) is 2. The summed E-state index contributed by atoms with van der Waals surface area (Å²) in [6, 6.07) is 0.752. The van der Waals surface area contributed by atoms with Crippen molar-refractivity contribution >= 4 is 5.91 Å². The van der Waals surface area contributed by atoms with Gasteiger partial charge in [0.2, 0.25) is 5.91 Å². The van der Waals surface area contributed by atoms with Crippen LogP contribution in [0, 0.1) is 0 Å². The third kappa shape index (κ3) is 3.97. The van der Waals surface area contributed by atoms with E-state index >= 15 is 0 Å². The molecule has 1 aliphatic heterocycles. The first-order valence-electron chi connectivity index (χ1n) is 6.19. The zero-order valence-electron chi connectivity index (χ0n) is 10.9. The van der Waals surface area contributed by atoms with E-state index in [0.717, 1.165) is 18.7 Å². The molecule has 0 saturated carbocycles. The molecule has 92 valence electrons. The molecule has 1 unspecified atom stereocenters. The summed E-state index contributed by atoms with van der Waals surface area (Å²) < 4.78 is 0. The molecule has 1 fully saturated rings. The summed E-state index contributed by atoms with van der Waals surface area (Å²) in [5, 5.41) is 3.44. The Hall–Kier alpha value is -0.830. The van der Waals surface area contributed by atoms with Gasteiger partial charge in [0.05, 0.1) is 0 Å². The minimum Gasteiger partial charge on any atom is -0.335 e. The van der Waals surface area contributed by atoms with Crippen molar-refractivity contribution in [2.45, 2.75) is 52.6 Å². The predicted octanol–water partition coefficient (Wildman–Crippen LogP) is 1.94. The Kier molecular flexibility index (Phi) is 5.00. The average Bonchev–Trinajstić information content (AvgIpc) is 2.64. The smallest absolute Gasteiger partial charge is 0.246 e. The minimum absolute atomic E-state index is 0.142. The first-order valence-corrected chi connectivity index (χ1v) is 6.19. The molecule has 16 heavy (non-hydrogen) atoms. The van der Waals surface area contributed by atoms with Crippen LogP contribution >= 0.6 is 0 Å². The number of allylic oxidation sites excluding steroid dienone is 1. The SMILES string of the molecule is CC(C)=CC(=O)N(CC1CCCN1)C(C)C. The third-order valence-electron chi connectivity index (χ3n) is 2.90. The number of rotatable bonds is 4. The summed E-state index contributed by atoms with van der Waals surface area (Å²) >= 11 is 0. The van der Waals surface area contributed by atoms with E-state index < -0.39 is 0 Å². The first kappa shape index (κ1) is 13.2. The molecule has 0 spiro atoms. The molecular formula is C13H24N2O. The summed E-state index contributed by atoms with van der Waals surface area (Å²) in [6.07, 6.45) is 4.15. The summed E-state index contributed by atoms with van der Waals surface area (Å²) in [4.78, 5) is 14.0. The highest BCUT2D eigenvalue weighted by Crippen LogP contribution is 2.10. The van der Waals surface area contributed by atoms with Crippen LogP contribution in [0.4, 0.5) is 0 Å². The topological polar surface area (TPSA) is 32.3 Å². The maximum Gasteiger partial charge on any atom is 0.246 e. The second kappa shape index (κ2) is 6.04. The zero-order valence-corrected chi connectivity index (χ0v) is 10.9. The van der Waals surface area contributed by atoms with Gasteiger partial charge in [-0.15, -0.1) is 0 Å². The van der Waals surface area contributed by atoms with Gasteiger partial charge in [-0.1, -0.05) is 5.57 Å². The lowest BCUT2D eigenvalue weighted by atomic mass is 10.2. The summed E-state index contributed by atoms with van der Waals surface area (Å²) in [5.41, 5.74) is 1.06. The number of carbonyl (C=O) groups excluding carboxylic acids is 1. The van der Waals surface area contributed by atoms with Gasteiger partial charge in [0.25, 0.3) is 0 Å². The fourth-order valence-electron chi connectivity index (χ4n) is 2.04. The Morgan fingerprint density at radius 3 is 2.62 bits per heavy atom. The maximum absolute atomic E-state index is 12.0. The van der Waals surface area contributed by atoms with Crippen LogP contribution < -0.4 is 5.32 Å². The van der Waals surface area contributed by atoms with E-state index in [0.29, 0.717) is 6.04 Å². The standard InChI is InChI=1S/C13H24N2O/c1-10(2)8-13(16)15(11(3)4)9-12-6-5-7-14-12/h8,11-12,14H,5-7,9H2,1-4H3. The fraction of sp³-hybridized carbons (Fsp3) is 0.769. The van der Waals surface area contributed by atoms with Crippen LogP contribution in [-0.2, 0) is 4.79 Å². The lowest BCUT2D eigenvalue weighted by molar-refractivity contribution is -0.128. The molecule has 1 amide bonds. The molecule has 0 aromatic carbocycles. The van der Waals surface area contributed by atoms with Gasteiger partial charge in [0.1, 0.15) is 0 Å². The lowest BCUT2D eigenvalue weighted by Crippen LogP contribution is -2.44. The summed E-state index contributed by atoms with van der Waals surface area (Å²) in [6.45, 7) is 10.00. The number of nitrogens with zero attached hydrogens (tertiary/aromatic N) is 1. The molecule has 0 aromatic rings. The van der Waals surface area contributed by atoms with E-state index in [4.69, 9.17) is 0 Å². The van der Waals surface area contributed by atoms with Crippen LogP contribution in [0.15, 0.2) is 11.6 Å². The number of nitrogens with one attached hydrogen (secondary N) is 1. The van der Waals surface area contributed by atoms with Gasteiger partial charge in [0.15, 0.2) is 0 Å². The maximum atomic E-state index is 12.0. The molecule has 1 heterocycles. The van der Waals surface area contributed by atoms with E-state index in [9.17, 15) is 4.79 Å². The first-order chi connectivity index (χ1) is 7.50. The van der Waals surface area contributed by atoms with E-state index in [2.05, 4.69) is 19.2 Å². The predicted molar refractivity (Wildman–Crippen MR) is 67.3 cm³/mol. The average molecular weight is 224 g/mol. The Labute approximate surface area is 98.9 Å². The van der Waals surface area contributed by atoms with Gasteiger partial charge in [-0.05, 0) is 47.1 Å². The van der Waals surface area contributed by atoms with Crippen molar-refractivity contribution in [3.63, 3.8) is 0 Å². The van der Waals surface area contributed by atoms with E-state index in [1.165, 1.54) is 12.8 Å². The normalized spacial score (nSPS) is 19.9. The fourth-order valence-corrected chi connectivity index (χ4v) is 2.04. The van der Waals surface area contributed by atoms with Crippen LogP contribution in [0.25, 0.3) is 0 Å². The molecule has 0 aliphatic carbocycles. The van der Waals surface area contributed by atoms with Gasteiger partial charge in [0, 0.05) is 24.7 Å². The van der Waals surface area contributed by atoms with Crippen molar-refractivity contribution in [1.82, 2.24) is 10.2 Å². The van der Waals surface area contributed by atoms with Gasteiger partial charge >= 0.3 is 0 Å². The van der Waals surface area contributed by atoms with Crippen molar-refractivity contribution in [2.75, 3.05) is 13.1 Å². The number of amides is 1. The third-order valence-corrected chi connectivity index (χ3v) is 2.90. The van der Waals surface area contributed by atoms with E-state index in [1.54, 1.807) is 6.08 Å². The number of hydrogen-bond donors (Lipinski definition) is 1. The molecule has 1 N–H and O–H groups in total. The van der Waals surface area contributed by atoms with Gasteiger partial charge < -0.3 is 10.2 Å². The molecule has 3 heteroatoms. The zero-order chi connectivity index (χ0) is 12.1. The lowest BCUT2D eigenvalue weighted by Gasteiger charge is -2.28. The summed E-state index contributed by atoms with van der Waals surface area (Å²) in [7, 11) is 0. The quantitative estimate of drug-likeness (QED) is 0.740. The monoisotopic (exact) mass is 224 g/mol. The van der Waals surface area contributed by atoms with Crippen molar-refractivity contribution < 1.29 is 4.79 Å². The van der Waals surface area contributed by atoms with Crippen molar-refractivity contribution in [2.24, 2.45) is 0 Å². The molecule has 1 aliphatic rings. The minimum atomic E-state index is 0.142. The highest BCUT2D eigenvalue weighted by atomic mass is 16.2. The Bertz CT molecular complexity index is 261. The second-order valence-corrected chi connectivity index (χ2v) is 5.10. The van der Waals surface area contributed by atoms with Crippen LogP contribution in [0.3, 0.4) is 0 Å². The highest BCUT2D eigenvalue weighted by molar-refractivity contribution is 5.88. The molecular weight excluding hydrogens is 200 g/mol. The Morgan fingerprint density at radius 2 is 2.19 bits per heavy atom. The van der Waals surface area contributed by atoms with Gasteiger partial charge in [-0.3, -0.25) is 4.79 Å². The van der Waals surface area contributed by atoms with Crippen molar-refractivity contribution in [3.8, 4) is 0 Å². The van der Waals surface area contributed by atoms with Crippen molar-refractivity contribution in [1.29, 1.82) is 0 Å². The largest absolute Gasteiger partial charge is 0.335 e. The van der Waals surface area contributed by atoms with Gasteiger partial charge in [-0.2, -0.15) is 0 Å². The molecule has 3 nitrogen and oxygen atoms in total. The number of carbonyl (C=O) groups is 1. The molecule has 0 aromatic heterocycles. The van der Waals surface area contributed by atoms with Crippen LogP contribution in [0.1, 0.15) is 40.5 Å². The molecule has 1 atom stereocenters. The highest BCUT2D eigenvalue weighted by Gasteiger charge is 2.22. The van der Waals surface area contributed by atoms with Crippen LogP contribution in [-0.4, -0.2) is 36.0 Å². The van der Waals surface area contributed by atoms with E-state index in [-0.39, 0.29) is 11.9 Å². The van der Waals surface area contributed by atoms with Crippen LogP contribution in [0.5, 0.6) is 0 Å². The molecule has 1 rings (SSSR count). The van der Waals surface area contributed by atoms with Gasteiger partial charge in [-0.25, -0.2) is 0 Å². The molecule has 0 bridgehead atoms. The Balaban J connectivity index is 2.59. The van der Waals surface area contributed by atoms with Crippen molar-refractivity contribution in [3.05, 3.63) is 11.6 Å². The molecule has 1 saturated heterocycles. The summed E-state index contributed by atoms with van der Waals surface area (Å²) in [5.74, 6) is 0.142. The Morgan fingerprint density at radius 1 is 1.50 bits per heavy atom. The van der Waals surface area contributed by atoms with Crippen LogP contribution in [0.2, 0.25) is 0 Å². The second-order valence-electron chi connectivity index (χ2n) is 5.10. The molecule has 0 radical (unpaired) electrons.